The number of hydrogen-bond donors (Lipinski definition) is 0. The van der Waals surface area contributed by atoms with Crippen LogP contribution in [0.25, 0.3) is 97.9 Å². The molecule has 0 amide bonds. The summed E-state index contributed by atoms with van der Waals surface area (Å²) in [6.07, 6.45) is 2.13. The molecule has 0 aliphatic rings. The topological polar surface area (TPSA) is 24.9 Å². The lowest BCUT2D eigenvalue weighted by Gasteiger charge is -2.27. The van der Waals surface area contributed by atoms with E-state index >= 15 is 0 Å². The SMILES string of the molecule is c1ccc(N(c2ccccc2)c2cc3ccccc3c3c4cccc5c6c7c8cc9ccccc9c9c%10ccccc%10n(c7cnc6n(c23)c54)c89)cc1. The maximum Gasteiger partial charge on any atom is 0.146 e. The second kappa shape index (κ2) is 9.78. The standard InChI is InChI=1S/C49H28N4/c1-3-16-31(17-4-1)51(32-18-5-2-6-19-32)40-27-30-15-8-10-21-34(30)43-36-23-13-24-37-45-44-38-26-29-14-7-9-20-33(29)42-35-22-11-12-25-39(35)52(47(38)42)41(44)28-50-49(45)53(46(36)37)48(40)43/h1-28H. The normalized spacial score (nSPS) is 12.5. The van der Waals surface area contributed by atoms with E-state index in [-0.39, 0.29) is 0 Å². The van der Waals surface area contributed by atoms with Crippen LogP contribution in [0.3, 0.4) is 0 Å². The predicted octanol–water partition coefficient (Wildman–Crippen LogP) is 13.2. The van der Waals surface area contributed by atoms with Gasteiger partial charge in [-0.15, -0.1) is 0 Å². The summed E-state index contributed by atoms with van der Waals surface area (Å²) in [6, 6.07) is 59.6. The summed E-state index contributed by atoms with van der Waals surface area (Å²) in [7, 11) is 0. The number of anilines is 3. The van der Waals surface area contributed by atoms with Gasteiger partial charge in [-0.05, 0) is 64.0 Å². The van der Waals surface area contributed by atoms with Gasteiger partial charge in [0.15, 0.2) is 0 Å². The van der Waals surface area contributed by atoms with Crippen molar-refractivity contribution < 1.29 is 0 Å². The zero-order chi connectivity index (χ0) is 34.4. The molecular formula is C49H28N4. The van der Waals surface area contributed by atoms with Crippen molar-refractivity contribution >= 4 is 115 Å². The summed E-state index contributed by atoms with van der Waals surface area (Å²) in [5.74, 6) is 0. The van der Waals surface area contributed by atoms with E-state index in [4.69, 9.17) is 4.98 Å². The van der Waals surface area contributed by atoms with Crippen molar-refractivity contribution in [3.05, 3.63) is 170 Å². The van der Waals surface area contributed by atoms with Gasteiger partial charge in [-0.2, -0.15) is 0 Å². The quantitative estimate of drug-likeness (QED) is 0.187. The largest absolute Gasteiger partial charge is 0.308 e. The van der Waals surface area contributed by atoms with Gasteiger partial charge in [-0.25, -0.2) is 4.98 Å². The van der Waals surface area contributed by atoms with E-state index in [9.17, 15) is 0 Å². The molecule has 0 fully saturated rings. The fourth-order valence-corrected chi connectivity index (χ4v) is 9.73. The van der Waals surface area contributed by atoms with Crippen LogP contribution in [0, 0.1) is 0 Å². The van der Waals surface area contributed by atoms with E-state index in [1.807, 2.05) is 0 Å². The number of pyridine rings is 1. The van der Waals surface area contributed by atoms with Crippen molar-refractivity contribution in [1.82, 2.24) is 13.8 Å². The maximum atomic E-state index is 5.47. The Morgan fingerprint density at radius 2 is 0.943 bits per heavy atom. The summed E-state index contributed by atoms with van der Waals surface area (Å²) in [5.41, 5.74) is 10.3. The molecule has 0 N–H and O–H groups in total. The Bertz CT molecular complexity index is 3580. The van der Waals surface area contributed by atoms with Crippen LogP contribution >= 0.6 is 0 Å². The Morgan fingerprint density at radius 1 is 0.377 bits per heavy atom. The summed E-state index contributed by atoms with van der Waals surface area (Å²) in [5, 5.41) is 15.1. The fourth-order valence-electron chi connectivity index (χ4n) is 9.73. The lowest BCUT2D eigenvalue weighted by molar-refractivity contribution is 1.24. The van der Waals surface area contributed by atoms with Crippen molar-refractivity contribution in [3.8, 4) is 0 Å². The minimum Gasteiger partial charge on any atom is -0.308 e. The van der Waals surface area contributed by atoms with E-state index in [1.165, 1.54) is 81.2 Å². The van der Waals surface area contributed by atoms with Crippen LogP contribution < -0.4 is 4.90 Å². The van der Waals surface area contributed by atoms with Crippen molar-refractivity contribution in [2.45, 2.75) is 0 Å². The van der Waals surface area contributed by atoms with Crippen LogP contribution in [-0.2, 0) is 0 Å². The minimum atomic E-state index is 0.985. The van der Waals surface area contributed by atoms with E-state index < -0.39 is 0 Å². The fraction of sp³-hybridized carbons (Fsp3) is 0. The zero-order valence-corrected chi connectivity index (χ0v) is 28.5. The van der Waals surface area contributed by atoms with Gasteiger partial charge in [-0.1, -0.05) is 121 Å². The average molecular weight is 673 g/mol. The van der Waals surface area contributed by atoms with Gasteiger partial charge in [0.25, 0.3) is 0 Å². The average Bonchev–Trinajstić information content (AvgIpc) is 3.95. The first kappa shape index (κ1) is 27.5. The Morgan fingerprint density at radius 3 is 1.66 bits per heavy atom. The predicted molar refractivity (Wildman–Crippen MR) is 223 cm³/mol. The second-order valence-electron chi connectivity index (χ2n) is 14.3. The number of para-hydroxylation sites is 4. The number of nitrogens with zero attached hydrogens (tertiary/aromatic N) is 4. The summed E-state index contributed by atoms with van der Waals surface area (Å²) < 4.78 is 4.94. The van der Waals surface area contributed by atoms with Gasteiger partial charge in [0, 0.05) is 54.5 Å². The van der Waals surface area contributed by atoms with Gasteiger partial charge >= 0.3 is 0 Å². The third kappa shape index (κ3) is 3.34. The lowest BCUT2D eigenvalue weighted by atomic mass is 9.98. The molecule has 0 bridgehead atoms. The molecule has 4 nitrogen and oxygen atoms in total. The highest BCUT2D eigenvalue weighted by atomic mass is 15.2. The molecule has 0 aliphatic carbocycles. The van der Waals surface area contributed by atoms with Crippen molar-refractivity contribution in [2.75, 3.05) is 4.90 Å². The van der Waals surface area contributed by atoms with Gasteiger partial charge in [-0.3, -0.25) is 4.40 Å². The number of fused-ring (bicyclic) bond motifs is 17. The summed E-state index contributed by atoms with van der Waals surface area (Å²) in [6.45, 7) is 0. The molecule has 0 spiro atoms. The molecule has 13 rings (SSSR count). The van der Waals surface area contributed by atoms with E-state index in [2.05, 4.69) is 184 Å². The highest BCUT2D eigenvalue weighted by Gasteiger charge is 2.28. The molecule has 5 heterocycles. The number of hydrogen-bond acceptors (Lipinski definition) is 2. The monoisotopic (exact) mass is 672 g/mol. The highest BCUT2D eigenvalue weighted by Crippen LogP contribution is 2.51. The Kier molecular flexibility index (Phi) is 5.08. The van der Waals surface area contributed by atoms with Crippen LogP contribution in [0.5, 0.6) is 0 Å². The molecule has 13 aromatic rings. The molecule has 244 valence electrons. The highest BCUT2D eigenvalue weighted by molar-refractivity contribution is 6.39. The molecule has 0 radical (unpaired) electrons. The number of aromatic nitrogens is 3. The number of rotatable bonds is 3. The maximum absolute atomic E-state index is 5.47. The Hall–Kier alpha value is -7.17. The molecule has 5 aromatic heterocycles. The van der Waals surface area contributed by atoms with Gasteiger partial charge in [0.2, 0.25) is 0 Å². The van der Waals surface area contributed by atoms with Crippen molar-refractivity contribution in [3.63, 3.8) is 0 Å². The molecule has 0 unspecified atom stereocenters. The molecule has 0 saturated carbocycles. The molecule has 8 aromatic carbocycles. The van der Waals surface area contributed by atoms with Crippen LogP contribution in [0.1, 0.15) is 0 Å². The van der Waals surface area contributed by atoms with E-state index in [1.54, 1.807) is 0 Å². The summed E-state index contributed by atoms with van der Waals surface area (Å²) in [4.78, 5) is 7.88. The third-order valence-electron chi connectivity index (χ3n) is 11.7. The van der Waals surface area contributed by atoms with E-state index in [0.29, 0.717) is 0 Å². The third-order valence-corrected chi connectivity index (χ3v) is 11.7. The molecule has 0 saturated heterocycles. The first-order valence-electron chi connectivity index (χ1n) is 18.2. The lowest BCUT2D eigenvalue weighted by Crippen LogP contribution is -2.11. The molecule has 4 heteroatoms. The summed E-state index contributed by atoms with van der Waals surface area (Å²) >= 11 is 0. The van der Waals surface area contributed by atoms with Gasteiger partial charge in [0.05, 0.1) is 39.5 Å². The molecule has 53 heavy (non-hydrogen) atoms. The van der Waals surface area contributed by atoms with Crippen LogP contribution in [0.4, 0.5) is 17.1 Å². The van der Waals surface area contributed by atoms with Gasteiger partial charge in [0.1, 0.15) is 5.65 Å². The van der Waals surface area contributed by atoms with Crippen molar-refractivity contribution in [2.24, 2.45) is 0 Å². The van der Waals surface area contributed by atoms with Crippen LogP contribution in [-0.4, -0.2) is 13.8 Å². The molecule has 0 aliphatic heterocycles. The Labute approximate surface area is 302 Å². The first-order valence-corrected chi connectivity index (χ1v) is 18.2. The first-order chi connectivity index (χ1) is 26.3. The molecule has 0 atom stereocenters. The Balaban J connectivity index is 1.28. The smallest absolute Gasteiger partial charge is 0.146 e. The van der Waals surface area contributed by atoms with E-state index in [0.717, 1.165) is 33.7 Å². The molecular weight excluding hydrogens is 645 g/mol. The van der Waals surface area contributed by atoms with Crippen molar-refractivity contribution in [1.29, 1.82) is 0 Å². The zero-order valence-electron chi connectivity index (χ0n) is 28.5. The second-order valence-corrected chi connectivity index (χ2v) is 14.3. The minimum absolute atomic E-state index is 0.985. The number of benzene rings is 8. The van der Waals surface area contributed by atoms with Crippen LogP contribution in [0.2, 0.25) is 0 Å². The van der Waals surface area contributed by atoms with Gasteiger partial charge < -0.3 is 9.30 Å². The van der Waals surface area contributed by atoms with Crippen LogP contribution in [0.15, 0.2) is 170 Å².